The van der Waals surface area contributed by atoms with Gasteiger partial charge in [0.15, 0.2) is 0 Å². The topological polar surface area (TPSA) is 82.3 Å². The number of nitrogens with zero attached hydrogens (tertiary/aromatic N) is 2. The molecule has 3 aromatic rings. The molecule has 0 spiro atoms. The molecule has 1 amide bonds. The average Bonchev–Trinajstić information content (AvgIpc) is 2.71. The molecule has 1 atom stereocenters. The molecule has 0 aliphatic carbocycles. The smallest absolute Gasteiger partial charge is 0.332 e. The molecule has 1 heterocycles. The fraction of sp³-hybridized carbons (Fsp3) is 0.286. The fourth-order valence-corrected chi connectivity index (χ4v) is 3.08. The van der Waals surface area contributed by atoms with Gasteiger partial charge in [0, 0.05) is 11.7 Å². The van der Waals surface area contributed by atoms with Crippen LogP contribution >= 0.6 is 0 Å². The second kappa shape index (κ2) is 8.12. The first-order chi connectivity index (χ1) is 13.5. The minimum Gasteiger partial charge on any atom is -0.497 e. The lowest BCUT2D eigenvalue weighted by Gasteiger charge is -2.17. The minimum absolute atomic E-state index is 0.192. The highest BCUT2D eigenvalue weighted by Gasteiger charge is 2.18. The van der Waals surface area contributed by atoms with Crippen molar-refractivity contribution in [3.63, 3.8) is 0 Å². The number of nitrogens with one attached hydrogen (secondary N) is 1. The average molecular weight is 381 g/mol. The van der Waals surface area contributed by atoms with Crippen LogP contribution in [-0.2, 0) is 11.3 Å². The van der Waals surface area contributed by atoms with Gasteiger partial charge in [0.05, 0.1) is 18.0 Å². The van der Waals surface area contributed by atoms with Crippen molar-refractivity contribution in [3.05, 3.63) is 69.4 Å². The largest absolute Gasteiger partial charge is 0.497 e. The summed E-state index contributed by atoms with van der Waals surface area (Å²) < 4.78 is 7.67. The van der Waals surface area contributed by atoms with Crippen molar-refractivity contribution in [2.75, 3.05) is 12.4 Å². The summed E-state index contributed by atoms with van der Waals surface area (Å²) in [5, 5.41) is 3.19. The number of carbonyl (C=O) groups excluding carboxylic acids is 1. The number of rotatable bonds is 6. The molecule has 0 saturated carbocycles. The van der Waals surface area contributed by atoms with Crippen molar-refractivity contribution in [3.8, 4) is 5.75 Å². The lowest BCUT2D eigenvalue weighted by molar-refractivity contribution is -0.116. The summed E-state index contributed by atoms with van der Waals surface area (Å²) in [5.41, 5.74) is 0.227. The molecule has 1 aromatic heterocycles. The van der Waals surface area contributed by atoms with Crippen molar-refractivity contribution in [2.24, 2.45) is 0 Å². The van der Waals surface area contributed by atoms with Gasteiger partial charge in [-0.25, -0.2) is 4.79 Å². The van der Waals surface area contributed by atoms with Gasteiger partial charge in [-0.05, 0) is 49.7 Å². The molecular weight excluding hydrogens is 358 g/mol. The maximum atomic E-state index is 13.0. The molecule has 28 heavy (non-hydrogen) atoms. The van der Waals surface area contributed by atoms with Crippen LogP contribution in [0.25, 0.3) is 10.9 Å². The van der Waals surface area contributed by atoms with Gasteiger partial charge in [0.25, 0.3) is 5.56 Å². The maximum absolute atomic E-state index is 13.0. The Labute approximate surface area is 162 Å². The van der Waals surface area contributed by atoms with Gasteiger partial charge < -0.3 is 10.1 Å². The summed E-state index contributed by atoms with van der Waals surface area (Å²) in [6, 6.07) is 13.5. The van der Waals surface area contributed by atoms with Crippen molar-refractivity contribution in [1.82, 2.24) is 9.13 Å². The Morgan fingerprint density at radius 1 is 1.11 bits per heavy atom. The molecule has 7 heteroatoms. The highest BCUT2D eigenvalue weighted by Crippen LogP contribution is 2.15. The van der Waals surface area contributed by atoms with E-state index < -0.39 is 5.69 Å². The zero-order chi connectivity index (χ0) is 20.3. The standard InChI is InChI=1S/C21H23N3O4/c1-4-14(2)24-20(26)17-7-5-6-8-18(17)23(21(24)27)13-19(25)22-15-9-11-16(28-3)12-10-15/h5-12,14H,4,13H2,1-3H3,(H,22,25). The van der Waals surface area contributed by atoms with Crippen LogP contribution in [0.1, 0.15) is 26.3 Å². The van der Waals surface area contributed by atoms with Crippen LogP contribution < -0.4 is 21.3 Å². The molecular formula is C21H23N3O4. The number of aromatic nitrogens is 2. The Balaban J connectivity index is 2.00. The van der Waals surface area contributed by atoms with Crippen molar-refractivity contribution < 1.29 is 9.53 Å². The number of anilines is 1. The van der Waals surface area contributed by atoms with E-state index in [1.807, 2.05) is 13.8 Å². The van der Waals surface area contributed by atoms with E-state index in [1.165, 1.54) is 9.13 Å². The lowest BCUT2D eigenvalue weighted by Crippen LogP contribution is -2.43. The minimum atomic E-state index is -0.483. The number of ether oxygens (including phenoxy) is 1. The van der Waals surface area contributed by atoms with Gasteiger partial charge in [-0.15, -0.1) is 0 Å². The van der Waals surface area contributed by atoms with E-state index in [0.717, 1.165) is 0 Å². The number of carbonyl (C=O) groups is 1. The molecule has 0 radical (unpaired) electrons. The van der Waals surface area contributed by atoms with Gasteiger partial charge >= 0.3 is 5.69 Å². The summed E-state index contributed by atoms with van der Waals surface area (Å²) in [7, 11) is 1.57. The number of benzene rings is 2. The molecule has 3 rings (SSSR count). The van der Waals surface area contributed by atoms with Crippen molar-refractivity contribution in [2.45, 2.75) is 32.9 Å². The van der Waals surface area contributed by atoms with Gasteiger partial charge in [-0.3, -0.25) is 18.7 Å². The molecule has 146 valence electrons. The highest BCUT2D eigenvalue weighted by atomic mass is 16.5. The van der Waals surface area contributed by atoms with Crippen LogP contribution in [0.15, 0.2) is 58.1 Å². The predicted molar refractivity (Wildman–Crippen MR) is 109 cm³/mol. The number of methoxy groups -OCH3 is 1. The zero-order valence-corrected chi connectivity index (χ0v) is 16.1. The third kappa shape index (κ3) is 3.69. The molecule has 1 unspecified atom stereocenters. The van der Waals surface area contributed by atoms with Crippen LogP contribution in [0.5, 0.6) is 5.75 Å². The van der Waals surface area contributed by atoms with Gasteiger partial charge in [-0.2, -0.15) is 0 Å². The van der Waals surface area contributed by atoms with Crippen LogP contribution in [0.3, 0.4) is 0 Å². The summed E-state index contributed by atoms with van der Waals surface area (Å²) >= 11 is 0. The first kappa shape index (κ1) is 19.4. The van der Waals surface area contributed by atoms with E-state index in [1.54, 1.807) is 55.6 Å². The molecule has 0 aliphatic rings. The number of amides is 1. The van der Waals surface area contributed by atoms with Crippen LogP contribution in [0, 0.1) is 0 Å². The van der Waals surface area contributed by atoms with Gasteiger partial charge in [0.1, 0.15) is 12.3 Å². The Morgan fingerprint density at radius 3 is 2.43 bits per heavy atom. The first-order valence-electron chi connectivity index (χ1n) is 9.14. The molecule has 1 N–H and O–H groups in total. The van der Waals surface area contributed by atoms with E-state index in [0.29, 0.717) is 28.8 Å². The second-order valence-corrected chi connectivity index (χ2v) is 6.59. The lowest BCUT2D eigenvalue weighted by atomic mass is 10.2. The summed E-state index contributed by atoms with van der Waals surface area (Å²) in [6.45, 7) is 3.54. The molecule has 7 nitrogen and oxygen atoms in total. The third-order valence-corrected chi connectivity index (χ3v) is 4.79. The summed E-state index contributed by atoms with van der Waals surface area (Å²) in [4.78, 5) is 38.4. The number of hydrogen-bond acceptors (Lipinski definition) is 4. The van der Waals surface area contributed by atoms with Crippen molar-refractivity contribution in [1.29, 1.82) is 0 Å². The van der Waals surface area contributed by atoms with Crippen LogP contribution in [0.4, 0.5) is 5.69 Å². The normalized spacial score (nSPS) is 12.0. The van der Waals surface area contributed by atoms with E-state index in [9.17, 15) is 14.4 Å². The quantitative estimate of drug-likeness (QED) is 0.712. The van der Waals surface area contributed by atoms with Crippen molar-refractivity contribution >= 4 is 22.5 Å². The van der Waals surface area contributed by atoms with Gasteiger partial charge in [-0.1, -0.05) is 19.1 Å². The van der Waals surface area contributed by atoms with Gasteiger partial charge in [0.2, 0.25) is 5.91 Å². The Hall–Kier alpha value is -3.35. The zero-order valence-electron chi connectivity index (χ0n) is 16.1. The number of para-hydroxylation sites is 1. The predicted octanol–water partition coefficient (Wildman–Crippen LogP) is 2.78. The monoisotopic (exact) mass is 381 g/mol. The summed E-state index contributed by atoms with van der Waals surface area (Å²) in [6.07, 6.45) is 0.630. The fourth-order valence-electron chi connectivity index (χ4n) is 3.08. The van der Waals surface area contributed by atoms with E-state index >= 15 is 0 Å². The Kier molecular flexibility index (Phi) is 5.63. The molecule has 0 aliphatic heterocycles. The Morgan fingerprint density at radius 2 is 1.79 bits per heavy atom. The summed E-state index contributed by atoms with van der Waals surface area (Å²) in [5.74, 6) is 0.326. The van der Waals surface area contributed by atoms with Crippen LogP contribution in [0.2, 0.25) is 0 Å². The SMILES string of the molecule is CCC(C)n1c(=O)c2ccccc2n(CC(=O)Nc2ccc(OC)cc2)c1=O. The number of hydrogen-bond donors (Lipinski definition) is 1. The van der Waals surface area contributed by atoms with E-state index in [2.05, 4.69) is 5.32 Å². The third-order valence-electron chi connectivity index (χ3n) is 4.79. The van der Waals surface area contributed by atoms with E-state index in [4.69, 9.17) is 4.74 Å². The van der Waals surface area contributed by atoms with Crippen LogP contribution in [-0.4, -0.2) is 22.2 Å². The highest BCUT2D eigenvalue weighted by molar-refractivity contribution is 5.91. The molecule has 0 bridgehead atoms. The maximum Gasteiger partial charge on any atom is 0.332 e. The van der Waals surface area contributed by atoms with E-state index in [-0.39, 0.29) is 24.1 Å². The molecule has 2 aromatic carbocycles. The molecule has 0 saturated heterocycles. The number of fused-ring (bicyclic) bond motifs is 1. The second-order valence-electron chi connectivity index (χ2n) is 6.59. The molecule has 0 fully saturated rings. The Bertz CT molecular complexity index is 1110. The first-order valence-corrected chi connectivity index (χ1v) is 9.14.